The molecule has 108 valence electrons. The van der Waals surface area contributed by atoms with Crippen LogP contribution in [0.2, 0.25) is 5.02 Å². The third kappa shape index (κ3) is 4.03. The van der Waals surface area contributed by atoms with Gasteiger partial charge in [-0.25, -0.2) is 0 Å². The summed E-state index contributed by atoms with van der Waals surface area (Å²) in [5.74, 6) is -0.315. The quantitative estimate of drug-likeness (QED) is 0.691. The van der Waals surface area contributed by atoms with Gasteiger partial charge in [-0.2, -0.15) is 0 Å². The van der Waals surface area contributed by atoms with Crippen molar-refractivity contribution in [1.29, 1.82) is 0 Å². The van der Waals surface area contributed by atoms with Gasteiger partial charge >= 0.3 is 0 Å². The predicted molar refractivity (Wildman–Crippen MR) is 81.6 cm³/mol. The van der Waals surface area contributed by atoms with Crippen molar-refractivity contribution in [2.75, 3.05) is 5.32 Å². The predicted octanol–water partition coefficient (Wildman–Crippen LogP) is 3.74. The molecule has 0 aliphatic heterocycles. The molecule has 0 saturated heterocycles. The maximum absolute atomic E-state index is 12.0. The van der Waals surface area contributed by atoms with Crippen LogP contribution < -0.4 is 5.32 Å². The van der Waals surface area contributed by atoms with Crippen LogP contribution in [0.25, 0.3) is 0 Å². The monoisotopic (exact) mass is 304 g/mol. The molecule has 2 rings (SSSR count). The molecule has 0 fully saturated rings. The maximum Gasteiger partial charge on any atom is 0.293 e. The van der Waals surface area contributed by atoms with Gasteiger partial charge in [0, 0.05) is 11.1 Å². The second-order valence-electron chi connectivity index (χ2n) is 4.63. The number of carbonyl (C=O) groups is 1. The summed E-state index contributed by atoms with van der Waals surface area (Å²) < 4.78 is 0. The topological polar surface area (TPSA) is 72.2 Å². The van der Waals surface area contributed by atoms with Gasteiger partial charge in [0.15, 0.2) is 0 Å². The zero-order valence-corrected chi connectivity index (χ0v) is 12.1. The minimum atomic E-state index is -0.509. The van der Waals surface area contributed by atoms with Crippen molar-refractivity contribution in [3.05, 3.63) is 68.7 Å². The lowest BCUT2D eigenvalue weighted by Crippen LogP contribution is -2.15. The van der Waals surface area contributed by atoms with E-state index in [4.69, 9.17) is 11.6 Å². The number of halogens is 1. The molecule has 0 atom stereocenters. The van der Waals surface area contributed by atoms with Gasteiger partial charge in [-0.05, 0) is 36.2 Å². The lowest BCUT2D eigenvalue weighted by atomic mass is 10.1. The van der Waals surface area contributed by atoms with Crippen LogP contribution in [0.15, 0.2) is 42.5 Å². The highest BCUT2D eigenvalue weighted by molar-refractivity contribution is 6.30. The zero-order valence-electron chi connectivity index (χ0n) is 11.3. The molecule has 2 aromatic carbocycles. The summed E-state index contributed by atoms with van der Waals surface area (Å²) in [7, 11) is 0. The minimum absolute atomic E-state index is 0.112. The smallest absolute Gasteiger partial charge is 0.293 e. The van der Waals surface area contributed by atoms with Crippen LogP contribution in [0.5, 0.6) is 0 Å². The second-order valence-corrected chi connectivity index (χ2v) is 5.07. The largest absolute Gasteiger partial charge is 0.320 e. The van der Waals surface area contributed by atoms with Crippen LogP contribution in [-0.4, -0.2) is 10.8 Å². The molecule has 0 aliphatic rings. The molecule has 0 heterocycles. The molecular formula is C15H13ClN2O3. The molecule has 0 radical (unpaired) electrons. The molecule has 0 saturated carbocycles. The van der Waals surface area contributed by atoms with Crippen LogP contribution in [0.4, 0.5) is 11.4 Å². The molecule has 6 heteroatoms. The fraction of sp³-hybridized carbons (Fsp3) is 0.133. The summed E-state index contributed by atoms with van der Waals surface area (Å²) in [4.78, 5) is 22.4. The van der Waals surface area contributed by atoms with E-state index in [0.29, 0.717) is 5.02 Å². The summed E-state index contributed by atoms with van der Waals surface area (Å²) in [5.41, 5.74) is 1.63. The van der Waals surface area contributed by atoms with E-state index in [0.717, 1.165) is 11.1 Å². The summed E-state index contributed by atoms with van der Waals surface area (Å²) in [6.07, 6.45) is 0.127. The minimum Gasteiger partial charge on any atom is -0.320 e. The van der Waals surface area contributed by atoms with Gasteiger partial charge in [-0.15, -0.1) is 0 Å². The number of anilines is 1. The summed E-state index contributed by atoms with van der Waals surface area (Å²) >= 11 is 5.77. The Kier molecular flexibility index (Phi) is 4.55. The lowest BCUT2D eigenvalue weighted by Gasteiger charge is -2.07. The zero-order chi connectivity index (χ0) is 15.4. The van der Waals surface area contributed by atoms with Crippen molar-refractivity contribution in [2.45, 2.75) is 13.3 Å². The van der Waals surface area contributed by atoms with Crippen molar-refractivity contribution in [2.24, 2.45) is 0 Å². The lowest BCUT2D eigenvalue weighted by molar-refractivity contribution is -0.384. The number of nitro groups is 1. The fourth-order valence-corrected chi connectivity index (χ4v) is 2.01. The molecule has 0 aliphatic carbocycles. The number of carbonyl (C=O) groups excluding carboxylic acids is 1. The van der Waals surface area contributed by atoms with Gasteiger partial charge in [0.2, 0.25) is 5.91 Å². The molecule has 5 nitrogen and oxygen atoms in total. The van der Waals surface area contributed by atoms with Gasteiger partial charge in [0.1, 0.15) is 5.69 Å². The second kappa shape index (κ2) is 6.37. The summed E-state index contributed by atoms with van der Waals surface area (Å²) in [5, 5.41) is 14.2. The Bertz CT molecular complexity index is 684. The van der Waals surface area contributed by atoms with Crippen LogP contribution >= 0.6 is 11.6 Å². The van der Waals surface area contributed by atoms with Gasteiger partial charge in [0.05, 0.1) is 11.3 Å². The van der Waals surface area contributed by atoms with Crippen molar-refractivity contribution in [3.63, 3.8) is 0 Å². The first-order valence-corrected chi connectivity index (χ1v) is 6.63. The van der Waals surface area contributed by atoms with Crippen LogP contribution in [0.3, 0.4) is 0 Å². The number of hydrogen-bond donors (Lipinski definition) is 1. The van der Waals surface area contributed by atoms with E-state index in [-0.39, 0.29) is 23.7 Å². The summed E-state index contributed by atoms with van der Waals surface area (Å²) in [6.45, 7) is 1.76. The molecule has 0 aromatic heterocycles. The molecule has 0 unspecified atom stereocenters. The molecule has 1 N–H and O–H groups in total. The van der Waals surface area contributed by atoms with E-state index >= 15 is 0 Å². The first-order chi connectivity index (χ1) is 9.95. The van der Waals surface area contributed by atoms with E-state index in [1.54, 1.807) is 37.3 Å². The SMILES string of the molecule is Cc1ccc(NC(=O)Cc2ccc(Cl)cc2)c([N+](=O)[O-])c1. The standard InChI is InChI=1S/C15H13ClN2O3/c1-10-2-7-13(14(8-10)18(20)21)17-15(19)9-11-3-5-12(16)6-4-11/h2-8H,9H2,1H3,(H,17,19). The van der Waals surface area contributed by atoms with Gasteiger partial charge < -0.3 is 5.32 Å². The number of nitrogens with zero attached hydrogens (tertiary/aromatic N) is 1. The molecule has 1 amide bonds. The first kappa shape index (κ1) is 15.0. The van der Waals surface area contributed by atoms with Gasteiger partial charge in [-0.1, -0.05) is 29.8 Å². The maximum atomic E-state index is 12.0. The van der Waals surface area contributed by atoms with Crippen LogP contribution in [0.1, 0.15) is 11.1 Å². The number of nitrogens with one attached hydrogen (secondary N) is 1. The highest BCUT2D eigenvalue weighted by Crippen LogP contribution is 2.25. The van der Waals surface area contributed by atoms with E-state index in [1.807, 2.05) is 0 Å². The number of aryl methyl sites for hydroxylation is 1. The van der Waals surface area contributed by atoms with Crippen molar-refractivity contribution in [3.8, 4) is 0 Å². The van der Waals surface area contributed by atoms with E-state index in [1.165, 1.54) is 12.1 Å². The van der Waals surface area contributed by atoms with Crippen LogP contribution in [0, 0.1) is 17.0 Å². The Labute approximate surface area is 126 Å². The highest BCUT2D eigenvalue weighted by atomic mass is 35.5. The normalized spacial score (nSPS) is 10.2. The fourth-order valence-electron chi connectivity index (χ4n) is 1.88. The Balaban J connectivity index is 2.12. The van der Waals surface area contributed by atoms with Crippen molar-refractivity contribution in [1.82, 2.24) is 0 Å². The van der Waals surface area contributed by atoms with Gasteiger partial charge in [0.25, 0.3) is 5.69 Å². The number of hydrogen-bond acceptors (Lipinski definition) is 3. The Morgan fingerprint density at radius 2 is 1.90 bits per heavy atom. The Hall–Kier alpha value is -2.40. The number of nitro benzene ring substituents is 1. The van der Waals surface area contributed by atoms with E-state index in [9.17, 15) is 14.9 Å². The third-order valence-corrected chi connectivity index (χ3v) is 3.15. The van der Waals surface area contributed by atoms with Crippen molar-refractivity contribution < 1.29 is 9.72 Å². The first-order valence-electron chi connectivity index (χ1n) is 6.25. The molecular weight excluding hydrogens is 292 g/mol. The average molecular weight is 305 g/mol. The molecule has 0 spiro atoms. The Morgan fingerprint density at radius 3 is 2.52 bits per heavy atom. The van der Waals surface area contributed by atoms with Gasteiger partial charge in [-0.3, -0.25) is 14.9 Å². The van der Waals surface area contributed by atoms with E-state index in [2.05, 4.69) is 5.32 Å². The third-order valence-electron chi connectivity index (χ3n) is 2.90. The Morgan fingerprint density at radius 1 is 1.24 bits per heavy atom. The number of rotatable bonds is 4. The summed E-state index contributed by atoms with van der Waals surface area (Å²) in [6, 6.07) is 11.5. The average Bonchev–Trinajstić information content (AvgIpc) is 2.43. The number of benzene rings is 2. The van der Waals surface area contributed by atoms with Crippen molar-refractivity contribution >= 4 is 28.9 Å². The van der Waals surface area contributed by atoms with Crippen LogP contribution in [-0.2, 0) is 11.2 Å². The molecule has 2 aromatic rings. The van der Waals surface area contributed by atoms with E-state index < -0.39 is 4.92 Å². The molecule has 21 heavy (non-hydrogen) atoms. The highest BCUT2D eigenvalue weighted by Gasteiger charge is 2.16. The number of amides is 1. The molecule has 0 bridgehead atoms.